The minimum atomic E-state index is -0.445. The Bertz CT molecular complexity index is 993. The molecule has 2 N–H and O–H groups in total. The molecular weight excluding hydrogens is 369 g/mol. The number of aromatic amines is 1. The molecule has 0 radical (unpaired) electrons. The van der Waals surface area contributed by atoms with E-state index in [1.165, 1.54) is 50.4 Å². The highest BCUT2D eigenvalue weighted by molar-refractivity contribution is 5.74. The number of hydrogen-bond donors (Lipinski definition) is 2. The van der Waals surface area contributed by atoms with Crippen molar-refractivity contribution in [2.45, 2.75) is 38.1 Å². The number of nitrogens with one attached hydrogen (secondary N) is 1. The quantitative estimate of drug-likeness (QED) is 0.687. The van der Waals surface area contributed by atoms with Crippen molar-refractivity contribution in [1.29, 1.82) is 0 Å². The van der Waals surface area contributed by atoms with E-state index in [0.29, 0.717) is 22.9 Å². The lowest BCUT2D eigenvalue weighted by Crippen LogP contribution is -2.37. The van der Waals surface area contributed by atoms with Crippen molar-refractivity contribution < 1.29 is 9.50 Å². The van der Waals surface area contributed by atoms with Gasteiger partial charge in [0.15, 0.2) is 5.82 Å². The summed E-state index contributed by atoms with van der Waals surface area (Å²) in [5.74, 6) is 2.03. The predicted molar refractivity (Wildman–Crippen MR) is 109 cm³/mol. The smallest absolute Gasteiger partial charge is 0.151 e. The van der Waals surface area contributed by atoms with E-state index in [1.54, 1.807) is 12.3 Å². The first-order chi connectivity index (χ1) is 14.1. The Morgan fingerprint density at radius 1 is 1.07 bits per heavy atom. The van der Waals surface area contributed by atoms with Gasteiger partial charge in [0.1, 0.15) is 11.6 Å². The molecule has 2 heterocycles. The lowest BCUT2D eigenvalue weighted by molar-refractivity contribution is 0.312. The number of aromatic hydroxyl groups is 1. The number of rotatable bonds is 4. The summed E-state index contributed by atoms with van der Waals surface area (Å²) in [4.78, 5) is 2.23. The summed E-state index contributed by atoms with van der Waals surface area (Å²) < 4.78 is 14.6. The van der Waals surface area contributed by atoms with Gasteiger partial charge < -0.3 is 10.0 Å². The van der Waals surface area contributed by atoms with E-state index in [1.807, 2.05) is 6.07 Å². The lowest BCUT2D eigenvalue weighted by atomic mass is 9.85. The average Bonchev–Trinajstić information content (AvgIpc) is 3.38. The van der Waals surface area contributed by atoms with E-state index >= 15 is 0 Å². The van der Waals surface area contributed by atoms with Crippen molar-refractivity contribution in [3.8, 4) is 28.1 Å². The number of phenolic OH excluding ortho intramolecular Hbond substituents is 1. The second kappa shape index (κ2) is 7.13. The largest absolute Gasteiger partial charge is 0.507 e. The van der Waals surface area contributed by atoms with Gasteiger partial charge >= 0.3 is 0 Å². The van der Waals surface area contributed by atoms with Crippen molar-refractivity contribution in [2.24, 2.45) is 11.8 Å². The van der Waals surface area contributed by atoms with E-state index in [9.17, 15) is 9.50 Å². The zero-order valence-corrected chi connectivity index (χ0v) is 16.3. The Kier molecular flexibility index (Phi) is 4.45. The maximum absolute atomic E-state index is 14.6. The molecule has 1 aromatic carbocycles. The van der Waals surface area contributed by atoms with E-state index in [0.717, 1.165) is 17.7 Å². The molecule has 2 aliphatic carbocycles. The second-order valence-electron chi connectivity index (χ2n) is 8.39. The number of halogens is 1. The highest BCUT2D eigenvalue weighted by Gasteiger charge is 2.36. The van der Waals surface area contributed by atoms with Gasteiger partial charge in [-0.1, -0.05) is 12.8 Å². The van der Waals surface area contributed by atoms with Crippen LogP contribution in [0.25, 0.3) is 22.4 Å². The molecule has 2 aliphatic rings. The van der Waals surface area contributed by atoms with Crippen molar-refractivity contribution in [3.63, 3.8) is 0 Å². The molecule has 6 nitrogen and oxygen atoms in total. The van der Waals surface area contributed by atoms with Gasteiger partial charge in [0, 0.05) is 36.0 Å². The molecule has 2 saturated carbocycles. The van der Waals surface area contributed by atoms with Crippen LogP contribution in [0.2, 0.25) is 0 Å². The molecule has 3 atom stereocenters. The maximum Gasteiger partial charge on any atom is 0.151 e. The van der Waals surface area contributed by atoms with Crippen LogP contribution in [0.15, 0.2) is 36.7 Å². The van der Waals surface area contributed by atoms with Gasteiger partial charge in [-0.15, -0.1) is 10.2 Å². The van der Waals surface area contributed by atoms with Crippen LogP contribution in [-0.4, -0.2) is 38.6 Å². The van der Waals surface area contributed by atoms with Crippen LogP contribution in [0.4, 0.5) is 10.2 Å². The van der Waals surface area contributed by atoms with E-state index < -0.39 is 5.82 Å². The SMILES string of the molecule is CN(c1ccc(-c2cc(F)c(-c3cn[nH]c3)cc2O)nn1)C1C[C@H]2CC[C@@H](C1)C2. The summed E-state index contributed by atoms with van der Waals surface area (Å²) in [5, 5.41) is 25.6. The molecule has 2 fully saturated rings. The third-order valence-corrected chi connectivity index (χ3v) is 6.59. The monoisotopic (exact) mass is 393 g/mol. The zero-order valence-electron chi connectivity index (χ0n) is 16.3. The van der Waals surface area contributed by atoms with Gasteiger partial charge in [0.2, 0.25) is 0 Å². The average molecular weight is 393 g/mol. The molecule has 0 spiro atoms. The molecule has 0 amide bonds. The maximum atomic E-state index is 14.6. The molecule has 0 saturated heterocycles. The number of hydrogen-bond acceptors (Lipinski definition) is 5. The Morgan fingerprint density at radius 2 is 1.86 bits per heavy atom. The van der Waals surface area contributed by atoms with Crippen LogP contribution in [0, 0.1) is 17.7 Å². The third-order valence-electron chi connectivity index (χ3n) is 6.59. The highest BCUT2D eigenvalue weighted by Crippen LogP contribution is 2.44. The van der Waals surface area contributed by atoms with Crippen molar-refractivity contribution >= 4 is 5.82 Å². The van der Waals surface area contributed by atoms with Crippen molar-refractivity contribution in [3.05, 3.63) is 42.5 Å². The minimum absolute atomic E-state index is 0.0399. The summed E-state index contributed by atoms with van der Waals surface area (Å²) in [6.07, 6.45) is 9.64. The molecule has 2 bridgehead atoms. The summed E-state index contributed by atoms with van der Waals surface area (Å²) in [6.45, 7) is 0. The summed E-state index contributed by atoms with van der Waals surface area (Å²) in [5.41, 5.74) is 1.64. The Hall–Kier alpha value is -2.96. The Morgan fingerprint density at radius 3 is 2.52 bits per heavy atom. The molecule has 3 aromatic rings. The van der Waals surface area contributed by atoms with Gasteiger partial charge in [-0.2, -0.15) is 5.10 Å². The number of anilines is 1. The number of aromatic nitrogens is 4. The number of phenols is 1. The fourth-order valence-electron chi connectivity index (χ4n) is 5.02. The molecule has 2 aromatic heterocycles. The standard InChI is InChI=1S/C22H24FN5O/c1-28(16-7-13-2-3-14(6-13)8-16)22-5-4-20(26-27-22)18-9-19(23)17(10-21(18)29)15-11-24-25-12-15/h4-5,9-14,16,29H,2-3,6-8H2,1H3,(H,24,25)/t13-,14+,16?. The van der Waals surface area contributed by atoms with E-state index in [-0.39, 0.29) is 11.3 Å². The van der Waals surface area contributed by atoms with Gasteiger partial charge in [0.05, 0.1) is 11.9 Å². The molecule has 5 rings (SSSR count). The number of benzene rings is 1. The predicted octanol–water partition coefficient (Wildman–Crippen LogP) is 4.39. The van der Waals surface area contributed by atoms with Gasteiger partial charge in [-0.05, 0) is 55.4 Å². The molecule has 150 valence electrons. The minimum Gasteiger partial charge on any atom is -0.507 e. The first-order valence-corrected chi connectivity index (χ1v) is 10.2. The normalized spacial score (nSPS) is 23.3. The van der Waals surface area contributed by atoms with Crippen molar-refractivity contribution in [1.82, 2.24) is 20.4 Å². The fourth-order valence-corrected chi connectivity index (χ4v) is 5.02. The first kappa shape index (κ1) is 18.1. The van der Waals surface area contributed by atoms with Crippen LogP contribution < -0.4 is 4.90 Å². The van der Waals surface area contributed by atoms with Crippen LogP contribution in [0.1, 0.15) is 32.1 Å². The van der Waals surface area contributed by atoms with Crippen LogP contribution in [0.3, 0.4) is 0 Å². The highest BCUT2D eigenvalue weighted by atomic mass is 19.1. The topological polar surface area (TPSA) is 77.9 Å². The lowest BCUT2D eigenvalue weighted by Gasteiger charge is -2.35. The van der Waals surface area contributed by atoms with E-state index in [4.69, 9.17) is 0 Å². The molecule has 7 heteroatoms. The number of H-pyrrole nitrogens is 1. The van der Waals surface area contributed by atoms with Gasteiger partial charge in [-0.25, -0.2) is 4.39 Å². The molecule has 1 unspecified atom stereocenters. The molecular formula is C22H24FN5O. The van der Waals surface area contributed by atoms with E-state index in [2.05, 4.69) is 32.3 Å². The first-order valence-electron chi connectivity index (χ1n) is 10.2. The number of fused-ring (bicyclic) bond motifs is 2. The van der Waals surface area contributed by atoms with Crippen molar-refractivity contribution in [2.75, 3.05) is 11.9 Å². The Labute approximate surface area is 168 Å². The summed E-state index contributed by atoms with van der Waals surface area (Å²) in [6, 6.07) is 6.89. The zero-order chi connectivity index (χ0) is 20.0. The Balaban J connectivity index is 1.38. The van der Waals surface area contributed by atoms with Crippen LogP contribution in [-0.2, 0) is 0 Å². The van der Waals surface area contributed by atoms with Gasteiger partial charge in [0.25, 0.3) is 0 Å². The van der Waals surface area contributed by atoms with Gasteiger partial charge in [-0.3, -0.25) is 5.10 Å². The van der Waals surface area contributed by atoms with Crippen LogP contribution in [0.5, 0.6) is 5.75 Å². The number of nitrogens with zero attached hydrogens (tertiary/aromatic N) is 4. The molecule has 29 heavy (non-hydrogen) atoms. The summed E-state index contributed by atoms with van der Waals surface area (Å²) >= 11 is 0. The van der Waals surface area contributed by atoms with Crippen LogP contribution >= 0.6 is 0 Å². The molecule has 0 aliphatic heterocycles. The summed E-state index contributed by atoms with van der Waals surface area (Å²) in [7, 11) is 2.08. The second-order valence-corrected chi connectivity index (χ2v) is 8.39. The fraction of sp³-hybridized carbons (Fsp3) is 0.409. The third kappa shape index (κ3) is 3.34.